The van der Waals surface area contributed by atoms with Crippen molar-refractivity contribution in [3.8, 4) is 0 Å². The van der Waals surface area contributed by atoms with Gasteiger partial charge in [0.15, 0.2) is 0 Å². The minimum absolute atomic E-state index is 0.0747. The number of carbonyl (C=O) groups is 3. The number of rotatable bonds is 3. The summed E-state index contributed by atoms with van der Waals surface area (Å²) in [5.74, 6) is -0.629. The van der Waals surface area contributed by atoms with Crippen molar-refractivity contribution in [3.05, 3.63) is 0 Å². The molecule has 4 nitrogen and oxygen atoms in total. The normalized spacial score (nSPS) is 22.6. The average Bonchev–Trinajstić information content (AvgIpc) is 2.31. The van der Waals surface area contributed by atoms with Crippen molar-refractivity contribution in [2.45, 2.75) is 18.6 Å². The maximum absolute atomic E-state index is 11.4. The fraction of sp³-hybridized carbons (Fsp3) is 0.625. The van der Waals surface area contributed by atoms with Gasteiger partial charge in [-0.2, -0.15) is 11.8 Å². The smallest absolute Gasteiger partial charge is 0.243 e. The molecule has 1 heterocycles. The van der Waals surface area contributed by atoms with Gasteiger partial charge in [-0.1, -0.05) is 0 Å². The van der Waals surface area contributed by atoms with E-state index in [1.807, 2.05) is 0 Å². The van der Waals surface area contributed by atoms with Gasteiger partial charge in [-0.3, -0.25) is 19.3 Å². The Bertz CT molecular complexity index is 264. The number of ketones is 1. The number of nitrogens with zero attached hydrogens (tertiary/aromatic N) is 1. The van der Waals surface area contributed by atoms with E-state index in [2.05, 4.69) is 0 Å². The van der Waals surface area contributed by atoms with E-state index in [0.29, 0.717) is 0 Å². The molecule has 1 unspecified atom stereocenters. The predicted octanol–water partition coefficient (Wildman–Crippen LogP) is 0.0659. The minimum Gasteiger partial charge on any atom is -0.298 e. The Morgan fingerprint density at radius 2 is 2.23 bits per heavy atom. The van der Waals surface area contributed by atoms with Crippen molar-refractivity contribution in [2.75, 3.05) is 12.8 Å². The summed E-state index contributed by atoms with van der Waals surface area (Å²) in [5, 5.41) is -0.285. The Morgan fingerprint density at radius 3 is 2.62 bits per heavy atom. The first-order chi connectivity index (χ1) is 6.06. The highest BCUT2D eigenvalue weighted by Crippen LogP contribution is 2.22. The molecule has 1 atom stereocenters. The largest absolute Gasteiger partial charge is 0.298 e. The Morgan fingerprint density at radius 1 is 1.62 bits per heavy atom. The SMILES string of the molecule is CSC1CC(=O)N(CC(C)=O)C1=O. The zero-order valence-corrected chi connectivity index (χ0v) is 8.39. The van der Waals surface area contributed by atoms with E-state index < -0.39 is 0 Å². The van der Waals surface area contributed by atoms with Crippen LogP contribution in [-0.4, -0.2) is 40.5 Å². The Kier molecular flexibility index (Phi) is 3.08. The fourth-order valence-electron chi connectivity index (χ4n) is 1.23. The standard InChI is InChI=1S/C8H11NO3S/c1-5(10)4-9-7(11)3-6(13-2)8(9)12/h6H,3-4H2,1-2H3. The second-order valence-electron chi connectivity index (χ2n) is 2.95. The van der Waals surface area contributed by atoms with Crippen LogP contribution in [0.1, 0.15) is 13.3 Å². The van der Waals surface area contributed by atoms with Gasteiger partial charge < -0.3 is 0 Å². The minimum atomic E-state index is -0.285. The lowest BCUT2D eigenvalue weighted by atomic mass is 10.4. The highest BCUT2D eigenvalue weighted by atomic mass is 32.2. The summed E-state index contributed by atoms with van der Waals surface area (Å²) < 4.78 is 0. The van der Waals surface area contributed by atoms with E-state index >= 15 is 0 Å². The topological polar surface area (TPSA) is 54.5 Å². The molecule has 0 aromatic carbocycles. The molecule has 0 spiro atoms. The third kappa shape index (κ3) is 2.09. The average molecular weight is 201 g/mol. The summed E-state index contributed by atoms with van der Waals surface area (Å²) >= 11 is 1.35. The molecule has 1 aliphatic rings. The number of Topliss-reactive ketones (excluding diaryl/α,β-unsaturated/α-hetero) is 1. The molecule has 13 heavy (non-hydrogen) atoms. The van der Waals surface area contributed by atoms with Gasteiger partial charge >= 0.3 is 0 Å². The second-order valence-corrected chi connectivity index (χ2v) is 3.99. The van der Waals surface area contributed by atoms with Gasteiger partial charge in [0, 0.05) is 6.42 Å². The van der Waals surface area contributed by atoms with Crippen LogP contribution in [0.2, 0.25) is 0 Å². The number of likely N-dealkylation sites (tertiary alicyclic amines) is 1. The Hall–Kier alpha value is -0.840. The molecule has 1 fully saturated rings. The summed E-state index contributed by atoms with van der Waals surface area (Å²) in [7, 11) is 0. The van der Waals surface area contributed by atoms with Crippen LogP contribution in [0.25, 0.3) is 0 Å². The quantitative estimate of drug-likeness (QED) is 0.606. The molecule has 0 radical (unpaired) electrons. The number of thioether (sulfide) groups is 1. The van der Waals surface area contributed by atoms with Crippen LogP contribution in [0.3, 0.4) is 0 Å². The zero-order chi connectivity index (χ0) is 10.0. The summed E-state index contributed by atoms with van der Waals surface area (Å²) in [5.41, 5.74) is 0. The zero-order valence-electron chi connectivity index (χ0n) is 7.57. The van der Waals surface area contributed by atoms with Gasteiger partial charge in [-0.25, -0.2) is 0 Å². The number of imide groups is 1. The van der Waals surface area contributed by atoms with Gasteiger partial charge in [-0.05, 0) is 13.2 Å². The van der Waals surface area contributed by atoms with Crippen LogP contribution in [0.15, 0.2) is 0 Å². The highest BCUT2D eigenvalue weighted by molar-refractivity contribution is 8.00. The first kappa shape index (κ1) is 10.2. The lowest BCUT2D eigenvalue weighted by Crippen LogP contribution is -2.35. The van der Waals surface area contributed by atoms with E-state index in [4.69, 9.17) is 0 Å². The third-order valence-corrected chi connectivity index (χ3v) is 2.81. The van der Waals surface area contributed by atoms with Crippen LogP contribution in [0.4, 0.5) is 0 Å². The van der Waals surface area contributed by atoms with Gasteiger partial charge in [0.2, 0.25) is 11.8 Å². The second kappa shape index (κ2) is 3.91. The molecule has 0 saturated carbocycles. The highest BCUT2D eigenvalue weighted by Gasteiger charge is 2.38. The van der Waals surface area contributed by atoms with E-state index in [1.165, 1.54) is 18.7 Å². The van der Waals surface area contributed by atoms with E-state index in [9.17, 15) is 14.4 Å². The maximum atomic E-state index is 11.4. The first-order valence-corrected chi connectivity index (χ1v) is 5.21. The Labute approximate surface area is 80.7 Å². The molecule has 0 aromatic heterocycles. The van der Waals surface area contributed by atoms with Crippen molar-refractivity contribution in [1.29, 1.82) is 0 Å². The van der Waals surface area contributed by atoms with Gasteiger partial charge in [-0.15, -0.1) is 0 Å². The van der Waals surface area contributed by atoms with E-state index in [-0.39, 0.29) is 35.8 Å². The summed E-state index contributed by atoms with van der Waals surface area (Å²) in [6.45, 7) is 1.29. The molecular formula is C8H11NO3S. The van der Waals surface area contributed by atoms with Crippen molar-refractivity contribution < 1.29 is 14.4 Å². The molecule has 72 valence electrons. The lowest BCUT2D eigenvalue weighted by molar-refractivity contribution is -0.141. The van der Waals surface area contributed by atoms with Gasteiger partial charge in [0.1, 0.15) is 5.78 Å². The van der Waals surface area contributed by atoms with Gasteiger partial charge in [0.05, 0.1) is 11.8 Å². The summed E-state index contributed by atoms with van der Waals surface area (Å²) in [4.78, 5) is 34.4. The van der Waals surface area contributed by atoms with Crippen LogP contribution in [0.5, 0.6) is 0 Å². The maximum Gasteiger partial charge on any atom is 0.243 e. The monoisotopic (exact) mass is 201 g/mol. The number of hydrogen-bond acceptors (Lipinski definition) is 4. The van der Waals surface area contributed by atoms with Gasteiger partial charge in [0.25, 0.3) is 0 Å². The molecule has 0 bridgehead atoms. The molecular weight excluding hydrogens is 190 g/mol. The van der Waals surface area contributed by atoms with Crippen molar-refractivity contribution in [1.82, 2.24) is 4.90 Å². The summed E-state index contributed by atoms with van der Waals surface area (Å²) in [6, 6.07) is 0. The van der Waals surface area contributed by atoms with Crippen LogP contribution in [-0.2, 0) is 14.4 Å². The third-order valence-electron chi connectivity index (χ3n) is 1.87. The van der Waals surface area contributed by atoms with Crippen molar-refractivity contribution in [2.24, 2.45) is 0 Å². The predicted molar refractivity (Wildman–Crippen MR) is 49.3 cm³/mol. The molecule has 5 heteroatoms. The fourth-order valence-corrected chi connectivity index (χ4v) is 1.86. The molecule has 1 saturated heterocycles. The lowest BCUT2D eigenvalue weighted by Gasteiger charge is -2.11. The van der Waals surface area contributed by atoms with E-state index in [1.54, 1.807) is 6.26 Å². The molecule has 2 amide bonds. The van der Waals surface area contributed by atoms with Crippen molar-refractivity contribution in [3.63, 3.8) is 0 Å². The van der Waals surface area contributed by atoms with Crippen LogP contribution >= 0.6 is 11.8 Å². The first-order valence-electron chi connectivity index (χ1n) is 3.92. The number of hydrogen-bond donors (Lipinski definition) is 0. The van der Waals surface area contributed by atoms with Crippen LogP contribution in [0, 0.1) is 0 Å². The Balaban J connectivity index is 2.70. The van der Waals surface area contributed by atoms with Crippen LogP contribution < -0.4 is 0 Å². The molecule has 0 aromatic rings. The molecule has 0 aliphatic carbocycles. The number of carbonyl (C=O) groups excluding carboxylic acids is 3. The molecule has 0 N–H and O–H groups in total. The summed E-state index contributed by atoms with van der Waals surface area (Å²) in [6.07, 6.45) is 2.01. The molecule has 1 aliphatic heterocycles. The number of amides is 2. The van der Waals surface area contributed by atoms with E-state index in [0.717, 1.165) is 4.90 Å². The molecule has 1 rings (SSSR count). The van der Waals surface area contributed by atoms with Crippen molar-refractivity contribution >= 4 is 29.4 Å².